The Kier molecular flexibility index (Phi) is 22.7. The Hall–Kier alpha value is -1.10. The highest BCUT2D eigenvalue weighted by molar-refractivity contribution is 5.76. The topological polar surface area (TPSA) is 72.8 Å². The van der Waals surface area contributed by atoms with E-state index >= 15 is 0 Å². The molecule has 0 fully saturated rings. The lowest BCUT2D eigenvalue weighted by molar-refractivity contribution is -0.295. The summed E-state index contributed by atoms with van der Waals surface area (Å²) in [5.74, 6) is -1.63. The molecule has 0 rings (SSSR count). The Labute approximate surface area is 191 Å². The smallest absolute Gasteiger partial charge is 0.342 e. The first-order chi connectivity index (χ1) is 15.1. The fraction of sp³-hybridized carbons (Fsp3) is 0.923. The van der Waals surface area contributed by atoms with Crippen molar-refractivity contribution in [2.45, 2.75) is 155 Å². The van der Waals surface area contributed by atoms with E-state index in [9.17, 15) is 9.59 Å². The Morgan fingerprint density at radius 2 is 1.03 bits per heavy atom. The van der Waals surface area contributed by atoms with E-state index in [4.69, 9.17) is 9.99 Å². The molecule has 0 saturated carbocycles. The maximum Gasteiger partial charge on any atom is 0.342 e. The number of unbranched alkanes of at least 4 members (excludes halogenated alkanes) is 17. The zero-order valence-electron chi connectivity index (χ0n) is 20.5. The van der Waals surface area contributed by atoms with Gasteiger partial charge in [0.05, 0.1) is 12.8 Å². The maximum absolute atomic E-state index is 11.3. The van der Waals surface area contributed by atoms with Crippen molar-refractivity contribution in [3.63, 3.8) is 0 Å². The second-order valence-electron chi connectivity index (χ2n) is 9.06. The van der Waals surface area contributed by atoms with Crippen LogP contribution in [-0.4, -0.2) is 23.1 Å². The van der Waals surface area contributed by atoms with Crippen molar-refractivity contribution in [3.05, 3.63) is 0 Å². The molecular formula is C26H50O5. The molecule has 0 saturated heterocycles. The van der Waals surface area contributed by atoms with Gasteiger partial charge in [-0.2, -0.15) is 4.89 Å². The lowest BCUT2D eigenvalue weighted by Gasteiger charge is -2.11. The van der Waals surface area contributed by atoms with Gasteiger partial charge in [-0.1, -0.05) is 122 Å². The van der Waals surface area contributed by atoms with Crippen LogP contribution >= 0.6 is 0 Å². The predicted octanol–water partition coefficient (Wildman–Crippen LogP) is 8.15. The summed E-state index contributed by atoms with van der Waals surface area (Å²) < 4.78 is 0. The molecule has 0 bridgehead atoms. The number of hydrogen-bond donors (Lipinski definition) is 1. The molecule has 0 spiro atoms. The molecule has 31 heavy (non-hydrogen) atoms. The average molecular weight is 443 g/mol. The van der Waals surface area contributed by atoms with Crippen LogP contribution in [0, 0.1) is 0 Å². The van der Waals surface area contributed by atoms with Gasteiger partial charge in [-0.25, -0.2) is 4.79 Å². The van der Waals surface area contributed by atoms with Crippen LogP contribution < -0.4 is 0 Å². The van der Waals surface area contributed by atoms with Gasteiger partial charge in [0.2, 0.25) is 0 Å². The van der Waals surface area contributed by atoms with Gasteiger partial charge in [-0.15, -0.1) is 0 Å². The van der Waals surface area contributed by atoms with E-state index in [1.807, 2.05) is 6.92 Å². The molecule has 0 amide bonds. The number of hydrogen-bond acceptors (Lipinski definition) is 4. The van der Waals surface area contributed by atoms with Gasteiger partial charge >= 0.3 is 11.9 Å². The summed E-state index contributed by atoms with van der Waals surface area (Å²) in [6.45, 7) is 4.15. The highest BCUT2D eigenvalue weighted by atomic mass is 17.2. The molecule has 0 aromatic heterocycles. The third-order valence-electron chi connectivity index (χ3n) is 5.81. The van der Waals surface area contributed by atoms with Crippen molar-refractivity contribution in [3.8, 4) is 0 Å². The molecule has 0 heterocycles. The Morgan fingerprint density at radius 1 is 0.645 bits per heavy atom. The van der Waals surface area contributed by atoms with Gasteiger partial charge in [0, 0.05) is 0 Å². The van der Waals surface area contributed by atoms with Crippen molar-refractivity contribution < 1.29 is 24.5 Å². The number of carbonyl (C=O) groups excluding carboxylic acids is 1. The lowest BCUT2D eigenvalue weighted by atomic mass is 10.0. The van der Waals surface area contributed by atoms with Crippen LogP contribution in [0.1, 0.15) is 149 Å². The molecule has 5 heteroatoms. The van der Waals surface area contributed by atoms with Crippen molar-refractivity contribution >= 4 is 11.9 Å². The van der Waals surface area contributed by atoms with Gasteiger partial charge in [-0.05, 0) is 13.3 Å². The van der Waals surface area contributed by atoms with Gasteiger partial charge in [0.25, 0.3) is 0 Å². The summed E-state index contributed by atoms with van der Waals surface area (Å²) in [5, 5.41) is 8.51. The first kappa shape index (κ1) is 29.9. The third-order valence-corrected chi connectivity index (χ3v) is 5.81. The highest BCUT2D eigenvalue weighted by Gasteiger charge is 2.10. The van der Waals surface area contributed by atoms with Crippen LogP contribution in [0.15, 0.2) is 0 Å². The first-order valence-electron chi connectivity index (χ1n) is 13.1. The van der Waals surface area contributed by atoms with Crippen LogP contribution in [0.25, 0.3) is 0 Å². The summed E-state index contributed by atoms with van der Waals surface area (Å²) >= 11 is 0. The van der Waals surface area contributed by atoms with Crippen molar-refractivity contribution in [2.24, 2.45) is 0 Å². The lowest BCUT2D eigenvalue weighted by Crippen LogP contribution is -2.14. The summed E-state index contributed by atoms with van der Waals surface area (Å²) in [6, 6.07) is 0. The van der Waals surface area contributed by atoms with Crippen molar-refractivity contribution in [2.75, 3.05) is 0 Å². The van der Waals surface area contributed by atoms with E-state index in [1.165, 1.54) is 109 Å². The zero-order valence-corrected chi connectivity index (χ0v) is 20.5. The van der Waals surface area contributed by atoms with Crippen LogP contribution in [0.2, 0.25) is 0 Å². The average Bonchev–Trinajstić information content (AvgIpc) is 2.75. The van der Waals surface area contributed by atoms with Crippen LogP contribution in [-0.2, 0) is 19.4 Å². The first-order valence-corrected chi connectivity index (χ1v) is 13.1. The van der Waals surface area contributed by atoms with E-state index in [1.54, 1.807) is 0 Å². The molecule has 0 radical (unpaired) electrons. The summed E-state index contributed by atoms with van der Waals surface area (Å²) in [7, 11) is 0. The van der Waals surface area contributed by atoms with E-state index in [0.29, 0.717) is 0 Å². The number of rotatable bonds is 24. The molecule has 0 aliphatic carbocycles. The van der Waals surface area contributed by atoms with E-state index < -0.39 is 11.9 Å². The summed E-state index contributed by atoms with van der Waals surface area (Å²) in [4.78, 5) is 31.3. The zero-order chi connectivity index (χ0) is 23.0. The van der Waals surface area contributed by atoms with E-state index in [0.717, 1.165) is 12.8 Å². The molecule has 184 valence electrons. The van der Waals surface area contributed by atoms with E-state index in [-0.39, 0.29) is 18.9 Å². The number of aliphatic carboxylic acids is 1. The minimum atomic E-state index is -1.01. The van der Waals surface area contributed by atoms with Gasteiger partial charge in [0.15, 0.2) is 0 Å². The van der Waals surface area contributed by atoms with Crippen LogP contribution in [0.3, 0.4) is 0 Å². The van der Waals surface area contributed by atoms with Crippen LogP contribution in [0.5, 0.6) is 0 Å². The standard InChI is InChI=1S/C26H50O5/c1-3-4-5-6-7-8-9-10-11-12-13-14-15-16-17-18-19-20-21-24(2)30-31-26(29)23-22-25(27)28/h24H,3-23H2,1-2H3,(H,27,28). The molecule has 0 aromatic carbocycles. The van der Waals surface area contributed by atoms with E-state index in [2.05, 4.69) is 11.8 Å². The molecule has 0 aliphatic heterocycles. The number of carboxylic acid groups (broad SMARTS) is 1. The molecular weight excluding hydrogens is 392 g/mol. The second-order valence-corrected chi connectivity index (χ2v) is 9.06. The monoisotopic (exact) mass is 442 g/mol. The van der Waals surface area contributed by atoms with Crippen molar-refractivity contribution in [1.29, 1.82) is 0 Å². The molecule has 0 aromatic rings. The third kappa shape index (κ3) is 25.0. The number of carboxylic acids is 1. The summed E-state index contributed by atoms with van der Waals surface area (Å²) in [5.41, 5.74) is 0. The van der Waals surface area contributed by atoms with Gasteiger partial charge in [-0.3, -0.25) is 9.68 Å². The molecule has 1 atom stereocenters. The SMILES string of the molecule is CCCCCCCCCCCCCCCCCCCCC(C)OOC(=O)CCC(=O)O. The number of carbonyl (C=O) groups is 2. The molecule has 1 N–H and O–H groups in total. The fourth-order valence-corrected chi connectivity index (χ4v) is 3.77. The summed E-state index contributed by atoms with van der Waals surface area (Å²) in [6.07, 6.45) is 24.8. The maximum atomic E-state index is 11.3. The van der Waals surface area contributed by atoms with Gasteiger partial charge in [0.1, 0.15) is 6.10 Å². The Balaban J connectivity index is 3.21. The van der Waals surface area contributed by atoms with Gasteiger partial charge < -0.3 is 5.11 Å². The minimum absolute atomic E-state index is 0.144. The largest absolute Gasteiger partial charge is 0.481 e. The predicted molar refractivity (Wildman–Crippen MR) is 127 cm³/mol. The second kappa shape index (κ2) is 23.6. The quantitative estimate of drug-likeness (QED) is 0.0927. The van der Waals surface area contributed by atoms with Crippen LogP contribution in [0.4, 0.5) is 0 Å². The minimum Gasteiger partial charge on any atom is -0.481 e. The Bertz CT molecular complexity index is 411. The fourth-order valence-electron chi connectivity index (χ4n) is 3.77. The molecule has 0 aliphatic rings. The normalized spacial score (nSPS) is 12.1. The van der Waals surface area contributed by atoms with Crippen molar-refractivity contribution in [1.82, 2.24) is 0 Å². The molecule has 5 nitrogen and oxygen atoms in total. The highest BCUT2D eigenvalue weighted by Crippen LogP contribution is 2.15. The molecule has 1 unspecified atom stereocenters. The Morgan fingerprint density at radius 3 is 1.42 bits per heavy atom.